The van der Waals surface area contributed by atoms with Gasteiger partial charge < -0.3 is 22.7 Å². The zero-order valence-electron chi connectivity index (χ0n) is 7.38. The summed E-state index contributed by atoms with van der Waals surface area (Å²) < 4.78 is 3.09. The van der Waals surface area contributed by atoms with Gasteiger partial charge in [0.15, 0.2) is 0 Å². The molecule has 0 amide bonds. The van der Waals surface area contributed by atoms with E-state index in [2.05, 4.69) is 0 Å². The van der Waals surface area contributed by atoms with E-state index in [0.717, 1.165) is 0 Å². The minimum Gasteiger partial charge on any atom is -0.729 e. The Kier molecular flexibility index (Phi) is 1.85. The molecule has 72 valence electrons. The number of aromatic nitrogens is 2. The SMILES string of the molecule is C[n+]1c([S-])c([N+](=O)[O-])n2ccccc21. The van der Waals surface area contributed by atoms with Gasteiger partial charge in [-0.2, -0.15) is 4.40 Å². The van der Waals surface area contributed by atoms with Gasteiger partial charge in [-0.25, -0.2) is 4.57 Å². The lowest BCUT2D eigenvalue weighted by atomic mass is 10.5. The molecule has 0 aliphatic heterocycles. The van der Waals surface area contributed by atoms with Crippen LogP contribution in [0.3, 0.4) is 0 Å². The number of rotatable bonds is 1. The molecule has 0 unspecified atom stereocenters. The first-order valence-corrected chi connectivity index (χ1v) is 4.34. The van der Waals surface area contributed by atoms with Crippen molar-refractivity contribution in [2.24, 2.45) is 7.05 Å². The summed E-state index contributed by atoms with van der Waals surface area (Å²) in [5, 5.41) is 11.0. The zero-order chi connectivity index (χ0) is 10.3. The van der Waals surface area contributed by atoms with Gasteiger partial charge in [0, 0.05) is 6.07 Å². The Hall–Kier alpha value is -1.69. The number of hydrogen-bond donors (Lipinski definition) is 0. The molecule has 2 heterocycles. The van der Waals surface area contributed by atoms with Crippen LogP contribution in [0.2, 0.25) is 0 Å². The van der Waals surface area contributed by atoms with Crippen LogP contribution in [0.25, 0.3) is 5.65 Å². The summed E-state index contributed by atoms with van der Waals surface area (Å²) in [7, 11) is 1.71. The summed E-state index contributed by atoms with van der Waals surface area (Å²) >= 11 is 4.97. The highest BCUT2D eigenvalue weighted by Crippen LogP contribution is 2.17. The van der Waals surface area contributed by atoms with Crippen LogP contribution in [-0.4, -0.2) is 9.32 Å². The Morgan fingerprint density at radius 1 is 1.57 bits per heavy atom. The molecule has 0 spiro atoms. The maximum Gasteiger partial charge on any atom is 0.350 e. The van der Waals surface area contributed by atoms with E-state index in [1.54, 1.807) is 29.9 Å². The van der Waals surface area contributed by atoms with E-state index in [9.17, 15) is 10.1 Å². The summed E-state index contributed by atoms with van der Waals surface area (Å²) in [6.07, 6.45) is 1.63. The first kappa shape index (κ1) is 8.89. The van der Waals surface area contributed by atoms with Crippen LogP contribution >= 0.6 is 0 Å². The van der Waals surface area contributed by atoms with Gasteiger partial charge in [-0.15, -0.1) is 0 Å². The molecule has 14 heavy (non-hydrogen) atoms. The second kappa shape index (κ2) is 2.91. The molecule has 0 saturated heterocycles. The number of fused-ring (bicyclic) bond motifs is 1. The average molecular weight is 209 g/mol. The summed E-state index contributed by atoms with van der Waals surface area (Å²) in [5.74, 6) is -0.0573. The summed E-state index contributed by atoms with van der Waals surface area (Å²) in [4.78, 5) is 10.3. The quantitative estimate of drug-likeness (QED) is 0.299. The Morgan fingerprint density at radius 2 is 2.29 bits per heavy atom. The molecule has 0 atom stereocenters. The monoisotopic (exact) mass is 209 g/mol. The van der Waals surface area contributed by atoms with E-state index in [1.807, 2.05) is 6.07 Å². The van der Waals surface area contributed by atoms with Gasteiger partial charge >= 0.3 is 5.82 Å². The third-order valence-corrected chi connectivity index (χ3v) is 2.54. The molecule has 2 aromatic heterocycles. The van der Waals surface area contributed by atoms with Crippen LogP contribution in [0.15, 0.2) is 29.4 Å². The summed E-state index contributed by atoms with van der Waals surface area (Å²) in [6.45, 7) is 0. The van der Waals surface area contributed by atoms with E-state index in [1.165, 1.54) is 4.40 Å². The molecule has 6 heteroatoms. The zero-order valence-corrected chi connectivity index (χ0v) is 8.19. The van der Waals surface area contributed by atoms with Crippen LogP contribution in [0.4, 0.5) is 5.82 Å². The Bertz CT molecular complexity index is 521. The highest BCUT2D eigenvalue weighted by molar-refractivity contribution is 7.58. The molecular weight excluding hydrogens is 202 g/mol. The van der Waals surface area contributed by atoms with Gasteiger partial charge in [-0.3, -0.25) is 0 Å². The predicted octanol–water partition coefficient (Wildman–Crippen LogP) is 0.578. The highest BCUT2D eigenvalue weighted by Gasteiger charge is 2.19. The largest absolute Gasteiger partial charge is 0.729 e. The molecule has 0 fully saturated rings. The molecule has 0 aliphatic rings. The fourth-order valence-electron chi connectivity index (χ4n) is 1.41. The fraction of sp³-hybridized carbons (Fsp3) is 0.125. The fourth-order valence-corrected chi connectivity index (χ4v) is 1.68. The van der Waals surface area contributed by atoms with Crippen molar-refractivity contribution in [1.82, 2.24) is 4.40 Å². The van der Waals surface area contributed by atoms with Crippen molar-refractivity contribution in [1.29, 1.82) is 0 Å². The third kappa shape index (κ3) is 1.04. The lowest BCUT2D eigenvalue weighted by molar-refractivity contribution is -0.684. The topological polar surface area (TPSA) is 51.4 Å². The lowest BCUT2D eigenvalue weighted by Gasteiger charge is -1.99. The van der Waals surface area contributed by atoms with E-state index in [-0.39, 0.29) is 10.8 Å². The van der Waals surface area contributed by atoms with Crippen LogP contribution in [-0.2, 0) is 19.7 Å². The van der Waals surface area contributed by atoms with Crippen LogP contribution in [0, 0.1) is 10.1 Å². The van der Waals surface area contributed by atoms with Crippen molar-refractivity contribution in [2.45, 2.75) is 5.03 Å². The van der Waals surface area contributed by atoms with Gasteiger partial charge in [0.25, 0.3) is 5.65 Å². The van der Waals surface area contributed by atoms with Gasteiger partial charge in [0.05, 0.1) is 12.1 Å². The van der Waals surface area contributed by atoms with Gasteiger partial charge in [-0.05, 0) is 11.0 Å². The Morgan fingerprint density at radius 3 is 2.93 bits per heavy atom. The van der Waals surface area contributed by atoms with Gasteiger partial charge in [0.2, 0.25) is 0 Å². The Balaban J connectivity index is 2.95. The predicted molar refractivity (Wildman–Crippen MR) is 50.9 cm³/mol. The second-order valence-corrected chi connectivity index (χ2v) is 3.26. The molecule has 0 bridgehead atoms. The third-order valence-electron chi connectivity index (χ3n) is 2.08. The van der Waals surface area contributed by atoms with E-state index >= 15 is 0 Å². The summed E-state index contributed by atoms with van der Waals surface area (Å²) in [6, 6.07) is 5.32. The molecule has 0 N–H and O–H groups in total. The number of imidazole rings is 1. The van der Waals surface area contributed by atoms with E-state index < -0.39 is 4.92 Å². The molecule has 2 aromatic rings. The number of aryl methyl sites for hydroxylation is 1. The van der Waals surface area contributed by atoms with Crippen molar-refractivity contribution in [3.8, 4) is 0 Å². The van der Waals surface area contributed by atoms with Crippen LogP contribution in [0.5, 0.6) is 0 Å². The van der Waals surface area contributed by atoms with Crippen molar-refractivity contribution in [3.05, 3.63) is 34.5 Å². The molecule has 2 rings (SSSR count). The molecule has 0 saturated carbocycles. The molecule has 0 aliphatic carbocycles. The van der Waals surface area contributed by atoms with Crippen LogP contribution < -0.4 is 4.57 Å². The second-order valence-electron chi connectivity index (χ2n) is 2.87. The number of nitro groups is 1. The molecule has 0 radical (unpaired) electrons. The van der Waals surface area contributed by atoms with Crippen molar-refractivity contribution in [2.75, 3.05) is 0 Å². The molecule has 0 aromatic carbocycles. The first-order valence-electron chi connectivity index (χ1n) is 3.93. The van der Waals surface area contributed by atoms with E-state index in [0.29, 0.717) is 5.65 Å². The van der Waals surface area contributed by atoms with Gasteiger partial charge in [-0.1, -0.05) is 6.07 Å². The number of pyridine rings is 1. The average Bonchev–Trinajstić information content (AvgIpc) is 2.41. The minimum atomic E-state index is -0.463. The first-order chi connectivity index (χ1) is 6.63. The molecule has 5 nitrogen and oxygen atoms in total. The van der Waals surface area contributed by atoms with Crippen LogP contribution in [0.1, 0.15) is 0 Å². The van der Waals surface area contributed by atoms with Crippen molar-refractivity contribution < 1.29 is 9.49 Å². The molecular formula is C8H7N3O2S. The van der Waals surface area contributed by atoms with E-state index in [4.69, 9.17) is 12.6 Å². The summed E-state index contributed by atoms with van der Waals surface area (Å²) in [5.41, 5.74) is 0.712. The maximum atomic E-state index is 10.8. The smallest absolute Gasteiger partial charge is 0.350 e. The number of hydrogen-bond acceptors (Lipinski definition) is 3. The minimum absolute atomic E-state index is 0.0573. The number of nitrogens with zero attached hydrogens (tertiary/aromatic N) is 3. The Labute approximate surface area is 85.2 Å². The van der Waals surface area contributed by atoms with Crippen molar-refractivity contribution in [3.63, 3.8) is 0 Å². The maximum absolute atomic E-state index is 10.8. The van der Waals surface area contributed by atoms with Gasteiger partial charge in [0.1, 0.15) is 6.20 Å². The normalized spacial score (nSPS) is 10.6. The highest BCUT2D eigenvalue weighted by atomic mass is 32.1. The standard InChI is InChI=1S/C8H7N3O2S/c1-9-6-4-2-3-5-10(6)7(8(9)14)11(12)13/h2-5H,1H3. The van der Waals surface area contributed by atoms with Crippen molar-refractivity contribution >= 4 is 24.1 Å². The lowest BCUT2D eigenvalue weighted by Crippen LogP contribution is -2.29.